The van der Waals surface area contributed by atoms with Crippen molar-refractivity contribution in [1.29, 1.82) is 5.26 Å². The molecule has 2 N–H and O–H groups in total. The molecular weight excluding hydrogens is 410 g/mol. The second kappa shape index (κ2) is 9.01. The predicted octanol–water partition coefficient (Wildman–Crippen LogP) is 4.52. The summed E-state index contributed by atoms with van der Waals surface area (Å²) in [5.41, 5.74) is 3.92. The molecule has 160 valence electrons. The Hall–Kier alpha value is -3.01. The number of nitrogens with zero attached hydrogens (tertiary/aromatic N) is 3. The van der Waals surface area contributed by atoms with Crippen LogP contribution in [0.15, 0.2) is 54.7 Å². The smallest absolute Gasteiger partial charge is 0.260 e. The lowest BCUT2D eigenvalue weighted by molar-refractivity contribution is 0.0986. The summed E-state index contributed by atoms with van der Waals surface area (Å²) in [6, 6.07) is 15.4. The van der Waals surface area contributed by atoms with Crippen LogP contribution in [0.1, 0.15) is 30.1 Å². The number of carbonyl (C=O) groups is 1. The zero-order valence-corrected chi connectivity index (χ0v) is 18.3. The van der Waals surface area contributed by atoms with Crippen molar-refractivity contribution in [3.05, 3.63) is 65.3 Å². The van der Waals surface area contributed by atoms with E-state index in [1.165, 1.54) is 0 Å². The summed E-state index contributed by atoms with van der Waals surface area (Å²) in [5, 5.41) is 16.7. The topological polar surface area (TPSA) is 71.4 Å². The van der Waals surface area contributed by atoms with Crippen molar-refractivity contribution in [2.24, 2.45) is 0 Å². The van der Waals surface area contributed by atoms with E-state index in [0.717, 1.165) is 42.1 Å². The number of carbonyl (C=O) groups excluding carboxylic acids is 1. The number of likely N-dealkylation sites (tertiary alicyclic amines) is 1. The Morgan fingerprint density at radius 3 is 2.97 bits per heavy atom. The average Bonchev–Trinajstić information content (AvgIpc) is 3.22. The van der Waals surface area contributed by atoms with Gasteiger partial charge in [-0.25, -0.2) is 0 Å². The van der Waals surface area contributed by atoms with Crippen molar-refractivity contribution in [2.45, 2.75) is 31.8 Å². The van der Waals surface area contributed by atoms with Gasteiger partial charge in [-0.15, -0.1) is 0 Å². The van der Waals surface area contributed by atoms with Gasteiger partial charge in [-0.1, -0.05) is 30.3 Å². The molecule has 7 heteroatoms. The maximum Gasteiger partial charge on any atom is 0.260 e. The Morgan fingerprint density at radius 1 is 1.35 bits per heavy atom. The van der Waals surface area contributed by atoms with Crippen LogP contribution >= 0.6 is 11.6 Å². The summed E-state index contributed by atoms with van der Waals surface area (Å²) in [6.07, 6.45) is 1.90. The van der Waals surface area contributed by atoms with Gasteiger partial charge in [0.25, 0.3) is 5.91 Å². The molecule has 0 bridgehead atoms. The number of hydrogen-bond acceptors (Lipinski definition) is 5. The summed E-state index contributed by atoms with van der Waals surface area (Å²) in [6.45, 7) is 8.14. The lowest BCUT2D eigenvalue weighted by Gasteiger charge is -2.29. The highest BCUT2D eigenvalue weighted by Crippen LogP contribution is 2.36. The lowest BCUT2D eigenvalue weighted by atomic mass is 10.1. The van der Waals surface area contributed by atoms with Gasteiger partial charge in [-0.3, -0.25) is 4.79 Å². The highest BCUT2D eigenvalue weighted by molar-refractivity contribution is 6.31. The minimum absolute atomic E-state index is 0.0117. The van der Waals surface area contributed by atoms with Crippen LogP contribution in [0.4, 0.5) is 17.1 Å². The zero-order valence-electron chi connectivity index (χ0n) is 17.6. The summed E-state index contributed by atoms with van der Waals surface area (Å²) < 4.78 is 0. The van der Waals surface area contributed by atoms with E-state index in [0.29, 0.717) is 23.7 Å². The number of nitriles is 1. The molecule has 2 atom stereocenters. The summed E-state index contributed by atoms with van der Waals surface area (Å²) in [5.74, 6) is -0.0912. The van der Waals surface area contributed by atoms with E-state index in [1.54, 1.807) is 17.0 Å². The highest BCUT2D eigenvalue weighted by Gasteiger charge is 2.29. The molecule has 0 spiro atoms. The molecule has 31 heavy (non-hydrogen) atoms. The molecule has 1 unspecified atom stereocenters. The fourth-order valence-electron chi connectivity index (χ4n) is 4.21. The number of hydrogen-bond donors (Lipinski definition) is 2. The molecule has 6 nitrogen and oxygen atoms in total. The summed E-state index contributed by atoms with van der Waals surface area (Å²) >= 11 is 6.18. The van der Waals surface area contributed by atoms with E-state index in [1.807, 2.05) is 37.3 Å². The van der Waals surface area contributed by atoms with Crippen molar-refractivity contribution < 1.29 is 4.79 Å². The van der Waals surface area contributed by atoms with Crippen LogP contribution in [0.2, 0.25) is 5.02 Å². The van der Waals surface area contributed by atoms with Gasteiger partial charge < -0.3 is 20.4 Å². The van der Waals surface area contributed by atoms with Gasteiger partial charge in [0.2, 0.25) is 0 Å². The predicted molar refractivity (Wildman–Crippen MR) is 125 cm³/mol. The molecule has 2 aliphatic heterocycles. The molecule has 0 aromatic heterocycles. The van der Waals surface area contributed by atoms with E-state index in [2.05, 4.69) is 28.2 Å². The Morgan fingerprint density at radius 2 is 2.16 bits per heavy atom. The summed E-state index contributed by atoms with van der Waals surface area (Å²) in [4.78, 5) is 17.3. The molecule has 2 aromatic carbocycles. The maximum absolute atomic E-state index is 13.5. The third-order valence-corrected chi connectivity index (χ3v) is 6.08. The molecule has 2 aliphatic rings. The first kappa shape index (κ1) is 21.2. The fourth-order valence-corrected chi connectivity index (χ4v) is 4.38. The molecule has 4 rings (SSSR count). The van der Waals surface area contributed by atoms with E-state index in [-0.39, 0.29) is 18.0 Å². The molecular formula is C24H26ClN5O. The standard InChI is InChI=1S/C24H26ClN5O/c1-16(27-14-17(2)29-11-5-6-19(29)13-26)15-30-23-8-4-3-7-22(23)28-21-10-9-18(25)12-20(21)24(30)31/h3-4,7-10,12,16,19,27-28H,2,5-6,11,14-15H2,1H3/t16-,19?/m0/s1. The molecule has 2 heterocycles. The second-order valence-electron chi connectivity index (χ2n) is 8.08. The molecule has 1 saturated heterocycles. The fraction of sp³-hybridized carbons (Fsp3) is 0.333. The van der Waals surface area contributed by atoms with Gasteiger partial charge in [0.1, 0.15) is 6.04 Å². The normalized spacial score (nSPS) is 18.5. The quantitative estimate of drug-likeness (QED) is 0.697. The van der Waals surface area contributed by atoms with Crippen molar-refractivity contribution in [3.8, 4) is 6.07 Å². The van der Waals surface area contributed by atoms with Crippen LogP contribution in [0.5, 0.6) is 0 Å². The Labute approximate surface area is 188 Å². The first-order valence-electron chi connectivity index (χ1n) is 10.5. The molecule has 1 fully saturated rings. The van der Waals surface area contributed by atoms with Crippen LogP contribution in [0.3, 0.4) is 0 Å². The number of para-hydroxylation sites is 2. The highest BCUT2D eigenvalue weighted by atomic mass is 35.5. The van der Waals surface area contributed by atoms with Crippen LogP contribution in [-0.2, 0) is 0 Å². The first-order chi connectivity index (χ1) is 15.0. The van der Waals surface area contributed by atoms with Gasteiger partial charge in [0.15, 0.2) is 0 Å². The minimum atomic E-state index is -0.0912. The third-order valence-electron chi connectivity index (χ3n) is 5.84. The van der Waals surface area contributed by atoms with Crippen molar-refractivity contribution in [1.82, 2.24) is 10.2 Å². The molecule has 2 aromatic rings. The SMILES string of the molecule is C=C(CN[C@@H](C)CN1C(=O)c2cc(Cl)ccc2Nc2ccccc21)N1CCCC1C#N. The zero-order chi connectivity index (χ0) is 22.0. The molecule has 0 saturated carbocycles. The van der Waals surface area contributed by atoms with E-state index >= 15 is 0 Å². The molecule has 1 amide bonds. The average molecular weight is 436 g/mol. The molecule has 0 aliphatic carbocycles. The van der Waals surface area contributed by atoms with Gasteiger partial charge in [-0.05, 0) is 50.1 Å². The Kier molecular flexibility index (Phi) is 6.17. The van der Waals surface area contributed by atoms with Crippen molar-refractivity contribution in [3.63, 3.8) is 0 Å². The number of nitrogens with one attached hydrogen (secondary N) is 2. The Balaban J connectivity index is 1.50. The lowest BCUT2D eigenvalue weighted by Crippen LogP contribution is -2.44. The van der Waals surface area contributed by atoms with Crippen LogP contribution < -0.4 is 15.5 Å². The number of rotatable bonds is 6. The second-order valence-corrected chi connectivity index (χ2v) is 8.51. The van der Waals surface area contributed by atoms with Crippen molar-refractivity contribution >= 4 is 34.6 Å². The van der Waals surface area contributed by atoms with Crippen LogP contribution in [-0.4, -0.2) is 42.5 Å². The first-order valence-corrected chi connectivity index (χ1v) is 10.9. The van der Waals surface area contributed by atoms with Gasteiger partial charge in [0, 0.05) is 36.4 Å². The number of fused-ring (bicyclic) bond motifs is 2. The van der Waals surface area contributed by atoms with E-state index in [9.17, 15) is 10.1 Å². The van der Waals surface area contributed by atoms with Crippen LogP contribution in [0.25, 0.3) is 0 Å². The van der Waals surface area contributed by atoms with Crippen molar-refractivity contribution in [2.75, 3.05) is 29.9 Å². The number of amides is 1. The number of halogens is 1. The van der Waals surface area contributed by atoms with Gasteiger partial charge in [-0.2, -0.15) is 5.26 Å². The largest absolute Gasteiger partial charge is 0.358 e. The van der Waals surface area contributed by atoms with Gasteiger partial charge in [0.05, 0.1) is 28.7 Å². The van der Waals surface area contributed by atoms with E-state index < -0.39 is 0 Å². The number of benzene rings is 2. The Bertz CT molecular complexity index is 1050. The monoisotopic (exact) mass is 435 g/mol. The maximum atomic E-state index is 13.5. The number of anilines is 3. The summed E-state index contributed by atoms with van der Waals surface area (Å²) in [7, 11) is 0. The minimum Gasteiger partial charge on any atom is -0.358 e. The van der Waals surface area contributed by atoms with Crippen LogP contribution in [0, 0.1) is 11.3 Å². The van der Waals surface area contributed by atoms with Gasteiger partial charge >= 0.3 is 0 Å². The van der Waals surface area contributed by atoms with E-state index in [4.69, 9.17) is 11.6 Å². The molecule has 0 radical (unpaired) electrons. The third kappa shape index (κ3) is 4.39.